The van der Waals surface area contributed by atoms with Gasteiger partial charge < -0.3 is 11.5 Å². The molecule has 0 spiro atoms. The predicted molar refractivity (Wildman–Crippen MR) is 96.4 cm³/mol. The van der Waals surface area contributed by atoms with Crippen LogP contribution in [0.1, 0.15) is 98.8 Å². The van der Waals surface area contributed by atoms with Crippen molar-refractivity contribution in [2.75, 3.05) is 11.5 Å². The molecule has 0 heterocycles. The van der Waals surface area contributed by atoms with Gasteiger partial charge in [-0.15, -0.1) is 0 Å². The number of hydrogen-bond donors (Lipinski definition) is 2. The Labute approximate surface area is 135 Å². The summed E-state index contributed by atoms with van der Waals surface area (Å²) in [5, 5.41) is 0. The largest absolute Gasteiger partial charge is 0.398 e. The Balaban J connectivity index is 2.19. The van der Waals surface area contributed by atoms with E-state index in [1.54, 1.807) is 5.56 Å². The van der Waals surface area contributed by atoms with E-state index in [4.69, 9.17) is 11.5 Å². The van der Waals surface area contributed by atoms with Crippen molar-refractivity contribution in [3.63, 3.8) is 0 Å². The number of anilines is 2. The summed E-state index contributed by atoms with van der Waals surface area (Å²) in [5.74, 6) is 1.40. The van der Waals surface area contributed by atoms with Gasteiger partial charge in [-0.1, -0.05) is 39.0 Å². The minimum Gasteiger partial charge on any atom is -0.398 e. The summed E-state index contributed by atoms with van der Waals surface area (Å²) in [6.07, 6.45) is 13.0. The van der Waals surface area contributed by atoms with Crippen LogP contribution in [0.15, 0.2) is 0 Å². The summed E-state index contributed by atoms with van der Waals surface area (Å²) in [6, 6.07) is 0. The molecule has 0 aliphatic heterocycles. The average molecular weight is 300 g/mol. The highest BCUT2D eigenvalue weighted by Gasteiger charge is 2.31. The number of hydrogen-bond acceptors (Lipinski definition) is 2. The lowest BCUT2D eigenvalue weighted by atomic mass is 9.78. The van der Waals surface area contributed by atoms with E-state index in [-0.39, 0.29) is 0 Å². The summed E-state index contributed by atoms with van der Waals surface area (Å²) in [5.41, 5.74) is 20.8. The summed E-state index contributed by atoms with van der Waals surface area (Å²) < 4.78 is 0. The lowest BCUT2D eigenvalue weighted by Crippen LogP contribution is -2.15. The summed E-state index contributed by atoms with van der Waals surface area (Å²) in [6.45, 7) is 4.39. The van der Waals surface area contributed by atoms with Gasteiger partial charge in [0.15, 0.2) is 0 Å². The van der Waals surface area contributed by atoms with Crippen LogP contribution in [0.2, 0.25) is 0 Å². The molecule has 0 aromatic heterocycles. The molecule has 122 valence electrons. The van der Waals surface area contributed by atoms with E-state index in [0.29, 0.717) is 11.8 Å². The Morgan fingerprint density at radius 1 is 0.818 bits per heavy atom. The van der Waals surface area contributed by atoms with Crippen LogP contribution in [-0.4, -0.2) is 0 Å². The van der Waals surface area contributed by atoms with Crippen LogP contribution in [0.3, 0.4) is 0 Å². The predicted octanol–water partition coefficient (Wildman–Crippen LogP) is 5.43. The number of benzene rings is 1. The monoisotopic (exact) mass is 300 g/mol. The fourth-order valence-corrected chi connectivity index (χ4v) is 4.88. The normalized spacial score (nSPS) is 20.1. The Morgan fingerprint density at radius 2 is 1.32 bits per heavy atom. The van der Waals surface area contributed by atoms with Gasteiger partial charge in [-0.2, -0.15) is 0 Å². The second kappa shape index (κ2) is 6.52. The van der Waals surface area contributed by atoms with Gasteiger partial charge in [0.2, 0.25) is 0 Å². The minimum absolute atomic E-state index is 0.686. The van der Waals surface area contributed by atoms with E-state index in [2.05, 4.69) is 13.8 Å². The molecular weight excluding hydrogens is 268 g/mol. The van der Waals surface area contributed by atoms with Crippen molar-refractivity contribution in [1.29, 1.82) is 0 Å². The van der Waals surface area contributed by atoms with E-state index < -0.39 is 0 Å². The maximum atomic E-state index is 6.62. The molecule has 1 aromatic carbocycles. The van der Waals surface area contributed by atoms with Crippen molar-refractivity contribution in [2.45, 2.75) is 89.9 Å². The molecule has 4 N–H and O–H groups in total. The lowest BCUT2D eigenvalue weighted by molar-refractivity contribution is 0.656. The minimum atomic E-state index is 0.686. The standard InChI is InChI=1S/C20H32N2/c1-3-8-16-17(14-9-4-5-10-14)18(15-11-6-7-12-15)20(22)13(2)19(16)21/h14-15H,3-12,21-22H2,1-2H3. The summed E-state index contributed by atoms with van der Waals surface area (Å²) in [4.78, 5) is 0. The SMILES string of the molecule is CCCc1c(N)c(C)c(N)c(C2CCCC2)c1C1CCCC1. The van der Waals surface area contributed by atoms with E-state index in [1.807, 2.05) is 0 Å². The van der Waals surface area contributed by atoms with Crippen LogP contribution in [0.5, 0.6) is 0 Å². The van der Waals surface area contributed by atoms with Gasteiger partial charge in [-0.3, -0.25) is 0 Å². The second-order valence-electron chi connectivity index (χ2n) is 7.47. The topological polar surface area (TPSA) is 52.0 Å². The second-order valence-corrected chi connectivity index (χ2v) is 7.47. The fraction of sp³-hybridized carbons (Fsp3) is 0.700. The van der Waals surface area contributed by atoms with Gasteiger partial charge in [0.05, 0.1) is 0 Å². The quantitative estimate of drug-likeness (QED) is 0.729. The molecular formula is C20H32N2. The van der Waals surface area contributed by atoms with Crippen molar-refractivity contribution in [1.82, 2.24) is 0 Å². The Hall–Kier alpha value is -1.18. The van der Waals surface area contributed by atoms with Gasteiger partial charge in [0.25, 0.3) is 0 Å². The molecule has 0 bridgehead atoms. The molecule has 2 saturated carbocycles. The summed E-state index contributed by atoms with van der Waals surface area (Å²) >= 11 is 0. The average Bonchev–Trinajstić information content (AvgIpc) is 3.20. The van der Waals surface area contributed by atoms with Crippen LogP contribution in [-0.2, 0) is 6.42 Å². The van der Waals surface area contributed by atoms with Crippen LogP contribution >= 0.6 is 0 Å². The molecule has 1 aromatic rings. The highest BCUT2D eigenvalue weighted by Crippen LogP contribution is 2.49. The third kappa shape index (κ3) is 2.61. The smallest absolute Gasteiger partial charge is 0.0402 e. The van der Waals surface area contributed by atoms with Gasteiger partial charge >= 0.3 is 0 Å². The van der Waals surface area contributed by atoms with Crippen LogP contribution in [0, 0.1) is 6.92 Å². The molecule has 0 unspecified atom stereocenters. The zero-order valence-corrected chi connectivity index (χ0v) is 14.4. The number of nitrogens with two attached hydrogens (primary N) is 2. The highest BCUT2D eigenvalue weighted by atomic mass is 14.7. The molecule has 2 aliphatic carbocycles. The fourth-order valence-electron chi connectivity index (χ4n) is 4.88. The van der Waals surface area contributed by atoms with E-state index in [1.165, 1.54) is 62.5 Å². The van der Waals surface area contributed by atoms with Crippen LogP contribution in [0.25, 0.3) is 0 Å². The van der Waals surface area contributed by atoms with E-state index in [9.17, 15) is 0 Å². The molecule has 22 heavy (non-hydrogen) atoms. The van der Waals surface area contributed by atoms with Gasteiger partial charge in [-0.05, 0) is 73.1 Å². The maximum absolute atomic E-state index is 6.62. The van der Waals surface area contributed by atoms with Gasteiger partial charge in [0.1, 0.15) is 0 Å². The molecule has 0 amide bonds. The maximum Gasteiger partial charge on any atom is 0.0402 e. The first-order chi connectivity index (χ1) is 10.6. The third-order valence-electron chi connectivity index (χ3n) is 6.07. The molecule has 2 aliphatic rings. The first-order valence-corrected chi connectivity index (χ1v) is 9.35. The van der Waals surface area contributed by atoms with Gasteiger partial charge in [0, 0.05) is 11.4 Å². The van der Waals surface area contributed by atoms with Crippen LogP contribution in [0.4, 0.5) is 11.4 Å². The third-order valence-corrected chi connectivity index (χ3v) is 6.07. The van der Waals surface area contributed by atoms with Crippen molar-refractivity contribution in [2.24, 2.45) is 0 Å². The molecule has 0 saturated heterocycles. The molecule has 2 heteroatoms. The first-order valence-electron chi connectivity index (χ1n) is 9.35. The lowest BCUT2D eigenvalue weighted by Gasteiger charge is -2.28. The van der Waals surface area contributed by atoms with E-state index >= 15 is 0 Å². The molecule has 0 atom stereocenters. The molecule has 0 radical (unpaired) electrons. The zero-order chi connectivity index (χ0) is 15.7. The van der Waals surface area contributed by atoms with Gasteiger partial charge in [-0.25, -0.2) is 0 Å². The Morgan fingerprint density at radius 3 is 1.82 bits per heavy atom. The zero-order valence-electron chi connectivity index (χ0n) is 14.4. The molecule has 2 nitrogen and oxygen atoms in total. The van der Waals surface area contributed by atoms with Crippen molar-refractivity contribution in [3.05, 3.63) is 22.3 Å². The van der Waals surface area contributed by atoms with Crippen molar-refractivity contribution in [3.8, 4) is 0 Å². The first kappa shape index (κ1) is 15.7. The summed E-state index contributed by atoms with van der Waals surface area (Å²) in [7, 11) is 0. The highest BCUT2D eigenvalue weighted by molar-refractivity contribution is 5.73. The molecule has 2 fully saturated rings. The van der Waals surface area contributed by atoms with E-state index in [0.717, 1.165) is 29.8 Å². The van der Waals surface area contributed by atoms with Crippen molar-refractivity contribution >= 4 is 11.4 Å². The number of nitrogen functional groups attached to an aromatic ring is 2. The molecule has 3 rings (SSSR count). The van der Waals surface area contributed by atoms with Crippen LogP contribution < -0.4 is 11.5 Å². The Bertz CT molecular complexity index is 535. The van der Waals surface area contributed by atoms with Crippen molar-refractivity contribution < 1.29 is 0 Å². The number of rotatable bonds is 4. The Kier molecular flexibility index (Phi) is 4.65.